The monoisotopic (exact) mass is 215 g/mol. The van der Waals surface area contributed by atoms with E-state index in [1.165, 1.54) is 0 Å². The van der Waals surface area contributed by atoms with Gasteiger partial charge in [0.2, 0.25) is 11.8 Å². The highest BCUT2D eigenvalue weighted by Gasteiger charge is 2.24. The van der Waals surface area contributed by atoms with Crippen molar-refractivity contribution in [1.82, 2.24) is 16.0 Å². The molecule has 2 unspecified atom stereocenters. The molecule has 0 aliphatic carbocycles. The Hall–Kier alpha value is -1.14. The van der Waals surface area contributed by atoms with E-state index in [9.17, 15) is 9.59 Å². The lowest BCUT2D eigenvalue weighted by Gasteiger charge is -2.24. The Bertz CT molecular complexity index is 235. The fraction of sp³-hybridized carbons (Fsp3) is 0.778. The van der Waals surface area contributed by atoms with Gasteiger partial charge in [0.1, 0.15) is 6.04 Å². The maximum absolute atomic E-state index is 11.6. The summed E-state index contributed by atoms with van der Waals surface area (Å²) in [5.41, 5.74) is 0. The number of hydrogen-bond acceptors (Lipinski definition) is 4. The van der Waals surface area contributed by atoms with Gasteiger partial charge in [-0.05, 0) is 6.92 Å². The largest absolute Gasteiger partial charge is 0.383 e. The van der Waals surface area contributed by atoms with E-state index in [4.69, 9.17) is 4.74 Å². The summed E-state index contributed by atoms with van der Waals surface area (Å²) >= 11 is 0. The molecule has 3 N–H and O–H groups in total. The number of nitrogens with one attached hydrogen (secondary N) is 3. The van der Waals surface area contributed by atoms with Crippen molar-refractivity contribution in [2.45, 2.75) is 19.0 Å². The number of methoxy groups -OCH3 is 1. The third-order valence-corrected chi connectivity index (χ3v) is 2.13. The lowest BCUT2D eigenvalue weighted by molar-refractivity contribution is -0.127. The van der Waals surface area contributed by atoms with E-state index < -0.39 is 0 Å². The SMILES string of the molecule is COCC(C)NC(=O)C1CNC(=O)CN1. The average molecular weight is 215 g/mol. The Morgan fingerprint density at radius 3 is 3.00 bits per heavy atom. The first-order valence-electron chi connectivity index (χ1n) is 4.93. The minimum absolute atomic E-state index is 0.0260. The van der Waals surface area contributed by atoms with Crippen LogP contribution < -0.4 is 16.0 Å². The second-order valence-corrected chi connectivity index (χ2v) is 3.60. The molecule has 0 aromatic rings. The lowest BCUT2D eigenvalue weighted by atomic mass is 10.2. The molecule has 86 valence electrons. The number of piperazine rings is 1. The van der Waals surface area contributed by atoms with Crippen molar-refractivity contribution in [2.75, 3.05) is 26.8 Å². The van der Waals surface area contributed by atoms with Crippen LogP contribution in [0.1, 0.15) is 6.92 Å². The number of amides is 2. The highest BCUT2D eigenvalue weighted by Crippen LogP contribution is 1.91. The Labute approximate surface area is 88.7 Å². The van der Waals surface area contributed by atoms with Crippen molar-refractivity contribution < 1.29 is 14.3 Å². The first kappa shape index (κ1) is 11.9. The van der Waals surface area contributed by atoms with Gasteiger partial charge >= 0.3 is 0 Å². The molecular formula is C9H17N3O3. The maximum atomic E-state index is 11.6. The third kappa shape index (κ3) is 3.85. The zero-order chi connectivity index (χ0) is 11.3. The topological polar surface area (TPSA) is 79.5 Å². The smallest absolute Gasteiger partial charge is 0.239 e. The Balaban J connectivity index is 2.30. The molecule has 0 spiro atoms. The summed E-state index contributed by atoms with van der Waals surface area (Å²) < 4.78 is 4.90. The Morgan fingerprint density at radius 1 is 1.73 bits per heavy atom. The van der Waals surface area contributed by atoms with Crippen LogP contribution in [-0.4, -0.2) is 50.7 Å². The fourth-order valence-electron chi connectivity index (χ4n) is 1.39. The molecule has 0 saturated carbocycles. The van der Waals surface area contributed by atoms with Gasteiger partial charge in [-0.2, -0.15) is 0 Å². The summed E-state index contributed by atoms with van der Waals surface area (Å²) in [6.45, 7) is 2.87. The van der Waals surface area contributed by atoms with Crippen LogP contribution in [-0.2, 0) is 14.3 Å². The summed E-state index contributed by atoms with van der Waals surface area (Å²) in [6.07, 6.45) is 0. The molecule has 15 heavy (non-hydrogen) atoms. The number of ether oxygens (including phenoxy) is 1. The van der Waals surface area contributed by atoms with E-state index in [1.54, 1.807) is 7.11 Å². The third-order valence-electron chi connectivity index (χ3n) is 2.13. The van der Waals surface area contributed by atoms with Crippen LogP contribution in [0.5, 0.6) is 0 Å². The van der Waals surface area contributed by atoms with E-state index in [2.05, 4.69) is 16.0 Å². The van der Waals surface area contributed by atoms with Gasteiger partial charge < -0.3 is 15.4 Å². The minimum Gasteiger partial charge on any atom is -0.383 e. The van der Waals surface area contributed by atoms with Gasteiger partial charge in [0, 0.05) is 19.7 Å². The molecule has 2 amide bonds. The zero-order valence-electron chi connectivity index (χ0n) is 9.00. The molecular weight excluding hydrogens is 198 g/mol. The van der Waals surface area contributed by atoms with Crippen molar-refractivity contribution in [3.05, 3.63) is 0 Å². The highest BCUT2D eigenvalue weighted by molar-refractivity contribution is 5.86. The van der Waals surface area contributed by atoms with E-state index in [0.717, 1.165) is 0 Å². The van der Waals surface area contributed by atoms with Gasteiger partial charge in [0.05, 0.1) is 13.2 Å². The average Bonchev–Trinajstić information content (AvgIpc) is 2.18. The molecule has 0 bridgehead atoms. The van der Waals surface area contributed by atoms with Crippen LogP contribution >= 0.6 is 0 Å². The van der Waals surface area contributed by atoms with Crippen molar-refractivity contribution in [1.29, 1.82) is 0 Å². The summed E-state index contributed by atoms with van der Waals surface area (Å²) in [6, 6.07) is -0.371. The highest BCUT2D eigenvalue weighted by atomic mass is 16.5. The Kier molecular flexibility index (Phi) is 4.51. The number of rotatable bonds is 4. The predicted octanol–water partition coefficient (Wildman–Crippen LogP) is -1.77. The van der Waals surface area contributed by atoms with Gasteiger partial charge in [-0.15, -0.1) is 0 Å². The molecule has 0 aromatic carbocycles. The van der Waals surface area contributed by atoms with E-state index in [0.29, 0.717) is 13.2 Å². The molecule has 2 atom stereocenters. The first-order valence-corrected chi connectivity index (χ1v) is 4.93. The number of carbonyl (C=O) groups is 2. The van der Waals surface area contributed by atoms with Crippen LogP contribution in [0.15, 0.2) is 0 Å². The molecule has 6 heteroatoms. The van der Waals surface area contributed by atoms with Gasteiger partial charge in [0.25, 0.3) is 0 Å². The van der Waals surface area contributed by atoms with Gasteiger partial charge in [-0.1, -0.05) is 0 Å². The minimum atomic E-state index is -0.345. The molecule has 1 heterocycles. The summed E-state index contributed by atoms with van der Waals surface area (Å²) in [5.74, 6) is -0.191. The second-order valence-electron chi connectivity index (χ2n) is 3.60. The van der Waals surface area contributed by atoms with Crippen molar-refractivity contribution in [2.24, 2.45) is 0 Å². The first-order chi connectivity index (χ1) is 7.13. The van der Waals surface area contributed by atoms with Gasteiger partial charge in [0.15, 0.2) is 0 Å². The number of carbonyl (C=O) groups excluding carboxylic acids is 2. The van der Waals surface area contributed by atoms with Crippen molar-refractivity contribution >= 4 is 11.8 Å². The molecule has 1 aliphatic heterocycles. The molecule has 0 radical (unpaired) electrons. The summed E-state index contributed by atoms with van der Waals surface area (Å²) in [4.78, 5) is 22.4. The molecule has 1 fully saturated rings. The number of hydrogen-bond donors (Lipinski definition) is 3. The van der Waals surface area contributed by atoms with Crippen LogP contribution in [0.3, 0.4) is 0 Å². The van der Waals surface area contributed by atoms with Gasteiger partial charge in [-0.25, -0.2) is 0 Å². The van der Waals surface area contributed by atoms with Crippen LogP contribution in [0, 0.1) is 0 Å². The predicted molar refractivity (Wildman–Crippen MR) is 54.3 cm³/mol. The Morgan fingerprint density at radius 2 is 2.47 bits per heavy atom. The molecule has 1 rings (SSSR count). The van der Waals surface area contributed by atoms with Crippen LogP contribution in [0.4, 0.5) is 0 Å². The van der Waals surface area contributed by atoms with E-state index in [1.807, 2.05) is 6.92 Å². The van der Waals surface area contributed by atoms with Crippen LogP contribution in [0.25, 0.3) is 0 Å². The standard InChI is InChI=1S/C9H17N3O3/c1-6(5-15-2)12-9(14)7-3-11-8(13)4-10-7/h6-7,10H,3-5H2,1-2H3,(H,11,13)(H,12,14). The van der Waals surface area contributed by atoms with Gasteiger partial charge in [-0.3, -0.25) is 14.9 Å². The van der Waals surface area contributed by atoms with E-state index in [-0.39, 0.29) is 30.4 Å². The molecule has 1 saturated heterocycles. The normalized spacial score (nSPS) is 23.1. The lowest BCUT2D eigenvalue weighted by Crippen LogP contribution is -2.59. The quantitative estimate of drug-likeness (QED) is 0.518. The molecule has 6 nitrogen and oxygen atoms in total. The summed E-state index contributed by atoms with van der Waals surface area (Å²) in [5, 5.41) is 8.26. The maximum Gasteiger partial charge on any atom is 0.239 e. The summed E-state index contributed by atoms with van der Waals surface area (Å²) in [7, 11) is 1.59. The van der Waals surface area contributed by atoms with Crippen molar-refractivity contribution in [3.63, 3.8) is 0 Å². The molecule has 1 aliphatic rings. The zero-order valence-corrected chi connectivity index (χ0v) is 9.00. The fourth-order valence-corrected chi connectivity index (χ4v) is 1.39. The van der Waals surface area contributed by atoms with Crippen molar-refractivity contribution in [3.8, 4) is 0 Å². The van der Waals surface area contributed by atoms with E-state index >= 15 is 0 Å². The second kappa shape index (κ2) is 5.67. The molecule has 0 aromatic heterocycles. The van der Waals surface area contributed by atoms with Crippen LogP contribution in [0.2, 0.25) is 0 Å².